The molecular weight excluding hydrogens is 442 g/mol. The summed E-state index contributed by atoms with van der Waals surface area (Å²) in [4.78, 5) is 4.94. The van der Waals surface area contributed by atoms with Crippen molar-refractivity contribution < 1.29 is 14.2 Å². The molecule has 5 aromatic rings. The van der Waals surface area contributed by atoms with Gasteiger partial charge in [0.15, 0.2) is 0 Å². The fourth-order valence-electron chi connectivity index (χ4n) is 4.34. The van der Waals surface area contributed by atoms with E-state index in [2.05, 4.69) is 40.9 Å². The third-order valence-corrected chi connectivity index (χ3v) is 6.39. The van der Waals surface area contributed by atoms with Crippen molar-refractivity contribution in [2.45, 2.75) is 27.0 Å². The average Bonchev–Trinajstić information content (AvgIpc) is 3.44. The Labute approximate surface area is 202 Å². The second-order valence-corrected chi connectivity index (χ2v) is 8.66. The van der Waals surface area contributed by atoms with Crippen LogP contribution in [0.25, 0.3) is 28.1 Å². The van der Waals surface area contributed by atoms with E-state index in [-0.39, 0.29) is 0 Å². The lowest BCUT2D eigenvalue weighted by Gasteiger charge is -2.09. The van der Waals surface area contributed by atoms with Gasteiger partial charge in [-0.1, -0.05) is 5.21 Å². The van der Waals surface area contributed by atoms with E-state index < -0.39 is 0 Å². The second kappa shape index (κ2) is 8.47. The molecule has 0 N–H and O–H groups in total. The molecule has 1 aliphatic rings. The molecule has 0 saturated carbocycles. The quantitative estimate of drug-likeness (QED) is 0.367. The van der Waals surface area contributed by atoms with E-state index in [1.807, 2.05) is 48.7 Å². The van der Waals surface area contributed by atoms with Crippen LogP contribution in [0, 0.1) is 13.8 Å². The summed E-state index contributed by atoms with van der Waals surface area (Å²) in [5.74, 6) is 3.20. The first-order chi connectivity index (χ1) is 17.1. The lowest BCUT2D eigenvalue weighted by molar-refractivity contribution is 0.289. The molecule has 0 radical (unpaired) electrons. The molecule has 1 aliphatic heterocycles. The first kappa shape index (κ1) is 21.2. The molecule has 0 saturated heterocycles. The molecule has 0 bridgehead atoms. The van der Waals surface area contributed by atoms with E-state index in [0.717, 1.165) is 51.8 Å². The van der Waals surface area contributed by atoms with Crippen molar-refractivity contribution in [3.8, 4) is 34.3 Å². The van der Waals surface area contributed by atoms with Crippen molar-refractivity contribution in [1.82, 2.24) is 24.5 Å². The predicted molar refractivity (Wildman–Crippen MR) is 132 cm³/mol. The highest BCUT2D eigenvalue weighted by Crippen LogP contribution is 2.37. The van der Waals surface area contributed by atoms with Gasteiger partial charge in [-0.25, -0.2) is 9.67 Å². The molecule has 2 aromatic heterocycles. The first-order valence-corrected chi connectivity index (χ1v) is 11.5. The molecule has 3 heterocycles. The summed E-state index contributed by atoms with van der Waals surface area (Å²) in [6.45, 7) is 5.86. The Morgan fingerprint density at radius 1 is 0.971 bits per heavy atom. The first-order valence-electron chi connectivity index (χ1n) is 11.5. The number of benzene rings is 3. The number of methoxy groups -OCH3 is 1. The van der Waals surface area contributed by atoms with Gasteiger partial charge in [0.25, 0.3) is 0 Å². The summed E-state index contributed by atoms with van der Waals surface area (Å²) < 4.78 is 21.3. The zero-order valence-corrected chi connectivity index (χ0v) is 19.9. The summed E-state index contributed by atoms with van der Waals surface area (Å²) in [5, 5.41) is 8.44. The molecular formula is C27H25N5O3. The molecule has 0 amide bonds. The number of ether oxygens (including phenoxy) is 3. The molecule has 8 nitrogen and oxygen atoms in total. The van der Waals surface area contributed by atoms with Gasteiger partial charge < -0.3 is 18.8 Å². The van der Waals surface area contributed by atoms with Crippen molar-refractivity contribution in [3.05, 3.63) is 77.6 Å². The van der Waals surface area contributed by atoms with Gasteiger partial charge >= 0.3 is 0 Å². The van der Waals surface area contributed by atoms with Crippen molar-refractivity contribution >= 4 is 11.0 Å². The van der Waals surface area contributed by atoms with Gasteiger partial charge in [-0.05, 0) is 73.5 Å². The summed E-state index contributed by atoms with van der Waals surface area (Å²) >= 11 is 0. The largest absolute Gasteiger partial charge is 0.497 e. The van der Waals surface area contributed by atoms with Crippen LogP contribution in [-0.4, -0.2) is 38.3 Å². The maximum absolute atomic E-state index is 6.08. The molecule has 8 heteroatoms. The molecule has 35 heavy (non-hydrogen) atoms. The van der Waals surface area contributed by atoms with Crippen LogP contribution in [0.3, 0.4) is 0 Å². The fraction of sp³-hybridized carbons (Fsp3) is 0.222. The van der Waals surface area contributed by atoms with Crippen LogP contribution < -0.4 is 14.2 Å². The lowest BCUT2D eigenvalue weighted by Crippen LogP contribution is -2.05. The molecule has 0 aliphatic carbocycles. The van der Waals surface area contributed by atoms with Crippen molar-refractivity contribution in [1.29, 1.82) is 0 Å². The maximum atomic E-state index is 6.08. The van der Waals surface area contributed by atoms with Gasteiger partial charge in [0, 0.05) is 6.07 Å². The highest BCUT2D eigenvalue weighted by atomic mass is 16.5. The van der Waals surface area contributed by atoms with E-state index in [9.17, 15) is 0 Å². The van der Waals surface area contributed by atoms with Crippen LogP contribution >= 0.6 is 0 Å². The van der Waals surface area contributed by atoms with Crippen LogP contribution in [0.4, 0.5) is 0 Å². The summed E-state index contributed by atoms with van der Waals surface area (Å²) in [6.07, 6.45) is 1.86. The number of nitrogens with zero attached hydrogens (tertiary/aromatic N) is 5. The van der Waals surface area contributed by atoms with Crippen LogP contribution in [0.2, 0.25) is 0 Å². The Kier molecular flexibility index (Phi) is 5.13. The summed E-state index contributed by atoms with van der Waals surface area (Å²) in [6, 6.07) is 17.9. The average molecular weight is 468 g/mol. The minimum atomic E-state index is 0.298. The standard InChI is InChI=1S/C27H25N5O3/c1-17-12-24-25(13-18(17)2)31-10-11-34-26-14-22(8-9-23(26)27(31)28-24)35-16-19-15-32(30-29-19)20-4-6-21(33-3)7-5-20/h4-9,12-15H,10-11,16H2,1-3H3. The Morgan fingerprint density at radius 3 is 2.60 bits per heavy atom. The van der Waals surface area contributed by atoms with Gasteiger partial charge in [-0.3, -0.25) is 0 Å². The van der Waals surface area contributed by atoms with Crippen molar-refractivity contribution in [2.75, 3.05) is 13.7 Å². The van der Waals surface area contributed by atoms with E-state index in [1.54, 1.807) is 11.8 Å². The molecule has 176 valence electrons. The third kappa shape index (κ3) is 3.86. The number of aromatic nitrogens is 5. The van der Waals surface area contributed by atoms with E-state index in [1.165, 1.54) is 11.1 Å². The summed E-state index contributed by atoms with van der Waals surface area (Å²) in [5.41, 5.74) is 7.25. The smallest absolute Gasteiger partial charge is 0.145 e. The van der Waals surface area contributed by atoms with Gasteiger partial charge in [0.05, 0.1) is 42.1 Å². The predicted octanol–water partition coefficient (Wildman–Crippen LogP) is 4.88. The molecule has 0 unspecified atom stereocenters. The highest BCUT2D eigenvalue weighted by Gasteiger charge is 2.21. The van der Waals surface area contributed by atoms with Gasteiger partial charge in [0.2, 0.25) is 0 Å². The molecule has 0 spiro atoms. The SMILES string of the molecule is COc1ccc(-n2cc(COc3ccc4c(c3)OCCn3c-4nc4cc(C)c(C)cc43)nn2)cc1. The van der Waals surface area contributed by atoms with Crippen molar-refractivity contribution in [2.24, 2.45) is 0 Å². The Morgan fingerprint density at radius 2 is 1.77 bits per heavy atom. The topological polar surface area (TPSA) is 76.2 Å². The minimum Gasteiger partial charge on any atom is -0.497 e. The minimum absolute atomic E-state index is 0.298. The van der Waals surface area contributed by atoms with Crippen LogP contribution in [0.1, 0.15) is 16.8 Å². The number of hydrogen-bond donors (Lipinski definition) is 0. The fourth-order valence-corrected chi connectivity index (χ4v) is 4.34. The number of aryl methyl sites for hydroxylation is 2. The summed E-state index contributed by atoms with van der Waals surface area (Å²) in [7, 11) is 1.64. The zero-order chi connectivity index (χ0) is 23.9. The van der Waals surface area contributed by atoms with Gasteiger partial charge in [0.1, 0.15) is 42.0 Å². The van der Waals surface area contributed by atoms with E-state index >= 15 is 0 Å². The lowest BCUT2D eigenvalue weighted by atomic mass is 10.1. The normalized spacial score (nSPS) is 12.5. The van der Waals surface area contributed by atoms with Crippen molar-refractivity contribution in [3.63, 3.8) is 0 Å². The molecule has 3 aromatic carbocycles. The van der Waals surface area contributed by atoms with Crippen LogP contribution in [-0.2, 0) is 13.2 Å². The number of rotatable bonds is 5. The maximum Gasteiger partial charge on any atom is 0.145 e. The molecule has 0 atom stereocenters. The number of fused-ring (bicyclic) bond motifs is 5. The van der Waals surface area contributed by atoms with Gasteiger partial charge in [-0.2, -0.15) is 0 Å². The Hall–Kier alpha value is -4.33. The van der Waals surface area contributed by atoms with E-state index in [4.69, 9.17) is 19.2 Å². The Balaban J connectivity index is 1.23. The van der Waals surface area contributed by atoms with Gasteiger partial charge in [-0.15, -0.1) is 5.10 Å². The highest BCUT2D eigenvalue weighted by molar-refractivity contribution is 5.83. The van der Waals surface area contributed by atoms with E-state index in [0.29, 0.717) is 19.0 Å². The monoisotopic (exact) mass is 467 g/mol. The Bertz CT molecular complexity index is 1540. The second-order valence-electron chi connectivity index (χ2n) is 8.66. The van der Waals surface area contributed by atoms with Crippen LogP contribution in [0.5, 0.6) is 17.2 Å². The molecule has 6 rings (SSSR count). The number of imidazole rings is 1. The third-order valence-electron chi connectivity index (χ3n) is 6.39. The zero-order valence-electron chi connectivity index (χ0n) is 19.9. The molecule has 0 fully saturated rings. The number of hydrogen-bond acceptors (Lipinski definition) is 6. The van der Waals surface area contributed by atoms with Crippen LogP contribution in [0.15, 0.2) is 60.8 Å².